The third-order valence-electron chi connectivity index (χ3n) is 3.32. The fourth-order valence-corrected chi connectivity index (χ4v) is 2.36. The third kappa shape index (κ3) is 2.14. The number of ketones is 1. The minimum atomic E-state index is -1.26. The Morgan fingerprint density at radius 2 is 1.68 bits per heavy atom. The molecule has 1 amide bonds. The molecule has 6 heteroatoms. The molecule has 1 aromatic carbocycles. The largest absolute Gasteiger partial charge is 0.396 e. The van der Waals surface area contributed by atoms with E-state index in [-0.39, 0.29) is 26.1 Å². The molecule has 0 atom stereocenters. The van der Waals surface area contributed by atoms with Gasteiger partial charge in [0.05, 0.1) is 11.3 Å². The number of fused-ring (bicyclic) bond motifs is 1. The van der Waals surface area contributed by atoms with E-state index >= 15 is 0 Å². The number of carbonyl (C=O) groups is 2. The van der Waals surface area contributed by atoms with Gasteiger partial charge < -0.3 is 15.9 Å². The molecular formula is C13H16N2O4. The van der Waals surface area contributed by atoms with Gasteiger partial charge in [-0.25, -0.2) is 0 Å². The van der Waals surface area contributed by atoms with Crippen LogP contribution in [0.1, 0.15) is 23.2 Å². The van der Waals surface area contributed by atoms with E-state index in [1.54, 1.807) is 24.3 Å². The lowest BCUT2D eigenvalue weighted by molar-refractivity contribution is -0.115. The Morgan fingerprint density at radius 1 is 1.11 bits per heavy atom. The monoisotopic (exact) mass is 264 g/mol. The molecule has 1 aromatic rings. The average molecular weight is 264 g/mol. The zero-order valence-corrected chi connectivity index (χ0v) is 10.4. The highest BCUT2D eigenvalue weighted by atomic mass is 16.3. The van der Waals surface area contributed by atoms with Crippen LogP contribution < -0.4 is 10.6 Å². The Balaban J connectivity index is 2.49. The van der Waals surface area contributed by atoms with Crippen molar-refractivity contribution in [3.05, 3.63) is 29.8 Å². The van der Waals surface area contributed by atoms with Gasteiger partial charge in [0.25, 0.3) is 5.78 Å². The highest BCUT2D eigenvalue weighted by Crippen LogP contribution is 2.35. The zero-order valence-electron chi connectivity index (χ0n) is 10.4. The highest BCUT2D eigenvalue weighted by molar-refractivity contribution is 6.52. The summed E-state index contributed by atoms with van der Waals surface area (Å²) in [6.07, 6.45) is 0.168. The van der Waals surface area contributed by atoms with Crippen LogP contribution in [0.25, 0.3) is 0 Å². The van der Waals surface area contributed by atoms with Gasteiger partial charge in [0.2, 0.25) is 0 Å². The van der Waals surface area contributed by atoms with Crippen molar-refractivity contribution in [3.63, 3.8) is 0 Å². The summed E-state index contributed by atoms with van der Waals surface area (Å²) in [6.45, 7) is -0.479. The minimum absolute atomic E-state index is 0.0842. The van der Waals surface area contributed by atoms with Crippen LogP contribution in [0.15, 0.2) is 24.3 Å². The fraction of sp³-hybridized carbons (Fsp3) is 0.385. The van der Waals surface area contributed by atoms with Gasteiger partial charge in [-0.15, -0.1) is 0 Å². The lowest BCUT2D eigenvalue weighted by Gasteiger charge is -2.37. The number of Topliss-reactive ketones (excluding diaryl/α,β-unsaturated/α-hetero) is 1. The van der Waals surface area contributed by atoms with Gasteiger partial charge in [0.15, 0.2) is 0 Å². The first-order chi connectivity index (χ1) is 9.05. The van der Waals surface area contributed by atoms with Crippen LogP contribution in [-0.4, -0.2) is 40.8 Å². The molecule has 4 N–H and O–H groups in total. The van der Waals surface area contributed by atoms with Gasteiger partial charge in [-0.05, 0) is 12.1 Å². The standard InChI is InChI=1S/C13H16N2O4/c14-13(5-7-16,6-8-17)15-10-4-2-1-3-9(10)11(18)12(15)19/h1-4,16-17H,5-8,14H2. The van der Waals surface area contributed by atoms with E-state index in [0.29, 0.717) is 11.3 Å². The highest BCUT2D eigenvalue weighted by Gasteiger charge is 2.45. The molecule has 0 bridgehead atoms. The fourth-order valence-electron chi connectivity index (χ4n) is 2.36. The molecule has 0 saturated carbocycles. The molecule has 0 aromatic heterocycles. The number of carbonyl (C=O) groups excluding carboxylic acids is 2. The van der Waals surface area contributed by atoms with E-state index in [1.165, 1.54) is 4.90 Å². The van der Waals surface area contributed by atoms with Crippen LogP contribution in [0.5, 0.6) is 0 Å². The Hall–Kier alpha value is -1.76. The first kappa shape index (κ1) is 13.7. The summed E-state index contributed by atoms with van der Waals surface area (Å²) < 4.78 is 0. The summed E-state index contributed by atoms with van der Waals surface area (Å²) in [5.74, 6) is -1.33. The molecular weight excluding hydrogens is 248 g/mol. The predicted octanol–water partition coefficient (Wildman–Crippen LogP) is -0.364. The summed E-state index contributed by atoms with van der Waals surface area (Å²) in [6, 6.07) is 6.57. The maximum Gasteiger partial charge on any atom is 0.301 e. The van der Waals surface area contributed by atoms with Crippen LogP contribution in [0.2, 0.25) is 0 Å². The SMILES string of the molecule is NC(CCO)(CCO)N1C(=O)C(=O)c2ccccc21. The van der Waals surface area contributed by atoms with E-state index in [9.17, 15) is 9.59 Å². The van der Waals surface area contributed by atoms with Crippen LogP contribution in [0.3, 0.4) is 0 Å². The van der Waals surface area contributed by atoms with Crippen molar-refractivity contribution in [3.8, 4) is 0 Å². The molecule has 1 aliphatic heterocycles. The predicted molar refractivity (Wildman–Crippen MR) is 68.6 cm³/mol. The molecule has 1 heterocycles. The third-order valence-corrected chi connectivity index (χ3v) is 3.32. The molecule has 0 spiro atoms. The van der Waals surface area contributed by atoms with Crippen molar-refractivity contribution in [2.24, 2.45) is 5.73 Å². The Kier molecular flexibility index (Phi) is 3.66. The second kappa shape index (κ2) is 5.08. The summed E-state index contributed by atoms with van der Waals surface area (Å²) in [4.78, 5) is 25.2. The molecule has 19 heavy (non-hydrogen) atoms. The quantitative estimate of drug-likeness (QED) is 0.630. The first-order valence-electron chi connectivity index (χ1n) is 6.03. The average Bonchev–Trinajstić information content (AvgIpc) is 2.64. The number of nitrogens with zero attached hydrogens (tertiary/aromatic N) is 1. The Bertz CT molecular complexity index is 509. The number of benzene rings is 1. The van der Waals surface area contributed by atoms with E-state index in [2.05, 4.69) is 0 Å². The summed E-state index contributed by atoms with van der Waals surface area (Å²) in [5.41, 5.74) is 5.60. The molecule has 0 fully saturated rings. The van der Waals surface area contributed by atoms with Crippen LogP contribution in [0.4, 0.5) is 5.69 Å². The number of aliphatic hydroxyl groups is 2. The van der Waals surface area contributed by atoms with E-state index in [4.69, 9.17) is 15.9 Å². The number of hydrogen-bond donors (Lipinski definition) is 3. The number of amides is 1. The van der Waals surface area contributed by atoms with Crippen LogP contribution in [0, 0.1) is 0 Å². The van der Waals surface area contributed by atoms with Crippen molar-refractivity contribution in [1.29, 1.82) is 0 Å². The Morgan fingerprint density at radius 3 is 2.26 bits per heavy atom. The second-order valence-electron chi connectivity index (χ2n) is 4.54. The zero-order chi connectivity index (χ0) is 14.0. The van der Waals surface area contributed by atoms with Crippen molar-refractivity contribution >= 4 is 17.4 Å². The van der Waals surface area contributed by atoms with Crippen molar-refractivity contribution < 1.29 is 19.8 Å². The maximum atomic E-state index is 12.1. The van der Waals surface area contributed by atoms with Crippen molar-refractivity contribution in [2.75, 3.05) is 18.1 Å². The van der Waals surface area contributed by atoms with Gasteiger partial charge in [-0.3, -0.25) is 14.5 Å². The van der Waals surface area contributed by atoms with Crippen molar-refractivity contribution in [1.82, 2.24) is 0 Å². The number of aliphatic hydroxyl groups excluding tert-OH is 2. The van der Waals surface area contributed by atoms with Gasteiger partial charge in [0, 0.05) is 26.1 Å². The van der Waals surface area contributed by atoms with Gasteiger partial charge in [-0.2, -0.15) is 0 Å². The van der Waals surface area contributed by atoms with Gasteiger partial charge in [-0.1, -0.05) is 12.1 Å². The van der Waals surface area contributed by atoms with Gasteiger partial charge in [0.1, 0.15) is 5.66 Å². The smallest absolute Gasteiger partial charge is 0.301 e. The molecule has 2 rings (SSSR count). The normalized spacial score (nSPS) is 15.0. The molecule has 0 saturated heterocycles. The minimum Gasteiger partial charge on any atom is -0.396 e. The van der Waals surface area contributed by atoms with E-state index in [1.807, 2.05) is 0 Å². The number of anilines is 1. The summed E-state index contributed by atoms with van der Waals surface area (Å²) >= 11 is 0. The lowest BCUT2D eigenvalue weighted by atomic mass is 10.0. The summed E-state index contributed by atoms with van der Waals surface area (Å²) in [5, 5.41) is 18.2. The first-order valence-corrected chi connectivity index (χ1v) is 6.03. The van der Waals surface area contributed by atoms with Crippen LogP contribution in [-0.2, 0) is 4.79 Å². The molecule has 102 valence electrons. The topological polar surface area (TPSA) is 104 Å². The summed E-state index contributed by atoms with van der Waals surface area (Å²) in [7, 11) is 0. The number of nitrogens with two attached hydrogens (primary N) is 1. The van der Waals surface area contributed by atoms with Crippen molar-refractivity contribution in [2.45, 2.75) is 18.5 Å². The number of hydrogen-bond acceptors (Lipinski definition) is 5. The molecule has 0 aliphatic carbocycles. The molecule has 6 nitrogen and oxygen atoms in total. The molecule has 0 unspecified atom stereocenters. The van der Waals surface area contributed by atoms with Gasteiger partial charge >= 0.3 is 5.91 Å². The molecule has 0 radical (unpaired) electrons. The number of rotatable bonds is 5. The lowest BCUT2D eigenvalue weighted by Crippen LogP contribution is -2.59. The maximum absolute atomic E-state index is 12.1. The number of para-hydroxylation sites is 1. The van der Waals surface area contributed by atoms with E-state index in [0.717, 1.165) is 0 Å². The van der Waals surface area contributed by atoms with E-state index < -0.39 is 17.4 Å². The second-order valence-corrected chi connectivity index (χ2v) is 4.54. The molecule has 1 aliphatic rings. The van der Waals surface area contributed by atoms with Crippen LogP contribution >= 0.6 is 0 Å². The Labute approximate surface area is 110 Å².